The summed E-state index contributed by atoms with van der Waals surface area (Å²) in [5, 5.41) is 3.20. The predicted molar refractivity (Wildman–Crippen MR) is 80.1 cm³/mol. The van der Waals surface area contributed by atoms with E-state index in [2.05, 4.69) is 0 Å². The Morgan fingerprint density at radius 3 is 1.71 bits per heavy atom. The Bertz CT molecular complexity index is 890. The zero-order valence-corrected chi connectivity index (χ0v) is 13.3. The second-order valence-electron chi connectivity index (χ2n) is 5.33. The lowest BCUT2D eigenvalue weighted by molar-refractivity contribution is -0.143. The number of alkyl halides is 6. The molecule has 0 radical (unpaired) electrons. The van der Waals surface area contributed by atoms with E-state index in [9.17, 15) is 44.7 Å². The second kappa shape index (κ2) is 7.44. The third kappa shape index (κ3) is 5.18. The van der Waals surface area contributed by atoms with Gasteiger partial charge in [0.05, 0.1) is 16.8 Å². The minimum Gasteiger partial charge on any atom is -0.318 e. The first-order valence-corrected chi connectivity index (χ1v) is 7.14. The highest BCUT2D eigenvalue weighted by Gasteiger charge is 2.37. The summed E-state index contributed by atoms with van der Waals surface area (Å²) in [6.07, 6.45) is -10.3. The number of carbonyl (C=O) groups is 2. The number of amides is 2. The van der Waals surface area contributed by atoms with Gasteiger partial charge in [-0.25, -0.2) is 8.78 Å². The Hall–Kier alpha value is -3.18. The molecule has 2 amide bonds. The summed E-state index contributed by atoms with van der Waals surface area (Å²) in [6, 6.07) is 2.06. The van der Waals surface area contributed by atoms with Crippen LogP contribution in [-0.4, -0.2) is 11.8 Å². The molecule has 0 atom stereocenters. The van der Waals surface area contributed by atoms with Gasteiger partial charge >= 0.3 is 24.2 Å². The average Bonchev–Trinajstić information content (AvgIpc) is 2.56. The minimum absolute atomic E-state index is 0.169. The molecular formula is C16H8F8N2O2. The highest BCUT2D eigenvalue weighted by molar-refractivity contribution is 6.43. The Morgan fingerprint density at radius 1 is 0.714 bits per heavy atom. The molecule has 4 nitrogen and oxygen atoms in total. The van der Waals surface area contributed by atoms with E-state index in [0.29, 0.717) is 18.2 Å². The minimum atomic E-state index is -5.16. The Balaban J connectivity index is 2.27. The van der Waals surface area contributed by atoms with E-state index >= 15 is 0 Å². The first-order valence-electron chi connectivity index (χ1n) is 7.14. The number of hydrogen-bond acceptors (Lipinski definition) is 2. The van der Waals surface area contributed by atoms with Gasteiger partial charge in [-0.1, -0.05) is 0 Å². The van der Waals surface area contributed by atoms with E-state index in [1.165, 1.54) is 0 Å². The number of hydrogen-bond donors (Lipinski definition) is 2. The highest BCUT2D eigenvalue weighted by atomic mass is 19.4. The van der Waals surface area contributed by atoms with Gasteiger partial charge in [0.2, 0.25) is 0 Å². The van der Waals surface area contributed by atoms with Crippen LogP contribution in [0.1, 0.15) is 11.1 Å². The van der Waals surface area contributed by atoms with Crippen LogP contribution in [0.15, 0.2) is 36.4 Å². The van der Waals surface area contributed by atoms with Crippen LogP contribution in [0.4, 0.5) is 46.5 Å². The van der Waals surface area contributed by atoms with Gasteiger partial charge in [0.15, 0.2) is 0 Å². The summed E-state index contributed by atoms with van der Waals surface area (Å²) in [5.41, 5.74) is -5.15. The van der Waals surface area contributed by atoms with E-state index in [-0.39, 0.29) is 18.2 Å². The molecule has 2 aromatic carbocycles. The molecule has 0 unspecified atom stereocenters. The number of halogens is 8. The Morgan fingerprint density at radius 2 is 1.21 bits per heavy atom. The van der Waals surface area contributed by atoms with Crippen molar-refractivity contribution in [3.63, 3.8) is 0 Å². The van der Waals surface area contributed by atoms with Crippen molar-refractivity contribution in [1.82, 2.24) is 0 Å². The van der Waals surface area contributed by atoms with E-state index in [1.54, 1.807) is 10.6 Å². The molecule has 2 rings (SSSR count). The zero-order chi connectivity index (χ0) is 21.3. The van der Waals surface area contributed by atoms with E-state index in [0.717, 1.165) is 0 Å². The first-order chi connectivity index (χ1) is 12.8. The van der Waals surface area contributed by atoms with Crippen LogP contribution in [0.2, 0.25) is 0 Å². The normalized spacial score (nSPS) is 11.9. The second-order valence-corrected chi connectivity index (χ2v) is 5.33. The van der Waals surface area contributed by atoms with Crippen molar-refractivity contribution in [2.24, 2.45) is 0 Å². The van der Waals surface area contributed by atoms with Crippen molar-refractivity contribution >= 4 is 23.2 Å². The van der Waals surface area contributed by atoms with Crippen molar-refractivity contribution in [2.75, 3.05) is 10.6 Å². The summed E-state index contributed by atoms with van der Waals surface area (Å²) in [4.78, 5) is 23.4. The molecule has 12 heteroatoms. The lowest BCUT2D eigenvalue weighted by atomic mass is 10.1. The van der Waals surface area contributed by atoms with Gasteiger partial charge in [0.25, 0.3) is 0 Å². The number of anilines is 2. The van der Waals surface area contributed by atoms with Crippen molar-refractivity contribution in [3.8, 4) is 0 Å². The van der Waals surface area contributed by atoms with E-state index in [1.807, 2.05) is 0 Å². The quantitative estimate of drug-likeness (QED) is 0.561. The van der Waals surface area contributed by atoms with Gasteiger partial charge < -0.3 is 10.6 Å². The molecule has 0 aliphatic carbocycles. The molecule has 0 bridgehead atoms. The summed E-state index contributed by atoms with van der Waals surface area (Å²) in [5.74, 6) is -5.43. The van der Waals surface area contributed by atoms with Gasteiger partial charge in [-0.05, 0) is 30.3 Å². The molecule has 0 aliphatic heterocycles. The first kappa shape index (κ1) is 21.1. The molecule has 150 valence electrons. The summed E-state index contributed by atoms with van der Waals surface area (Å²) >= 11 is 0. The Labute approximate surface area is 151 Å². The molecule has 0 aliphatic rings. The van der Waals surface area contributed by atoms with Gasteiger partial charge in [-0.3, -0.25) is 9.59 Å². The van der Waals surface area contributed by atoms with Crippen LogP contribution < -0.4 is 10.6 Å². The Kier molecular flexibility index (Phi) is 5.62. The molecule has 0 fully saturated rings. The largest absolute Gasteiger partial charge is 0.416 e. The van der Waals surface area contributed by atoms with Crippen LogP contribution in [0.3, 0.4) is 0 Å². The van der Waals surface area contributed by atoms with Crippen LogP contribution in [0, 0.1) is 11.6 Å². The molecular weight excluding hydrogens is 404 g/mol. The van der Waals surface area contributed by atoms with Gasteiger partial charge in [-0.15, -0.1) is 0 Å². The molecule has 0 saturated heterocycles. The van der Waals surface area contributed by atoms with E-state index in [4.69, 9.17) is 0 Å². The smallest absolute Gasteiger partial charge is 0.318 e. The average molecular weight is 412 g/mol. The number of nitrogens with one attached hydrogen (secondary N) is 2. The molecule has 0 saturated carbocycles. The fraction of sp³-hybridized carbons (Fsp3) is 0.125. The molecule has 0 heterocycles. The molecule has 0 aromatic heterocycles. The number of rotatable bonds is 2. The molecule has 2 aromatic rings. The van der Waals surface area contributed by atoms with Crippen LogP contribution >= 0.6 is 0 Å². The third-order valence-electron chi connectivity index (χ3n) is 3.23. The number of carbonyl (C=O) groups excluding carboxylic acids is 2. The van der Waals surface area contributed by atoms with Crippen molar-refractivity contribution in [2.45, 2.75) is 12.4 Å². The maximum Gasteiger partial charge on any atom is 0.416 e. The van der Waals surface area contributed by atoms with Crippen molar-refractivity contribution in [3.05, 3.63) is 59.2 Å². The standard InChI is InChI=1S/C16H8F8N2O2/c17-9-1-2-11(18)12(6-9)26-14(28)13(27)25-10-4-7(15(19,20)21)3-8(5-10)16(22,23)24/h1-6H,(H,25,27)(H,26,28). The van der Waals surface area contributed by atoms with Gasteiger partial charge in [-0.2, -0.15) is 26.3 Å². The maximum atomic E-state index is 13.4. The third-order valence-corrected chi connectivity index (χ3v) is 3.23. The highest BCUT2D eigenvalue weighted by Crippen LogP contribution is 2.37. The van der Waals surface area contributed by atoms with Gasteiger partial charge in [0.1, 0.15) is 11.6 Å². The fourth-order valence-electron chi connectivity index (χ4n) is 1.99. The summed E-state index contributed by atoms with van der Waals surface area (Å²) in [7, 11) is 0. The monoisotopic (exact) mass is 412 g/mol. The zero-order valence-electron chi connectivity index (χ0n) is 13.3. The topological polar surface area (TPSA) is 58.2 Å². The fourth-order valence-corrected chi connectivity index (χ4v) is 1.99. The molecule has 0 spiro atoms. The van der Waals surface area contributed by atoms with Crippen LogP contribution in [0.25, 0.3) is 0 Å². The molecule has 2 N–H and O–H groups in total. The maximum absolute atomic E-state index is 13.4. The number of benzene rings is 2. The van der Waals surface area contributed by atoms with Crippen LogP contribution in [0.5, 0.6) is 0 Å². The van der Waals surface area contributed by atoms with Gasteiger partial charge in [0, 0.05) is 11.8 Å². The van der Waals surface area contributed by atoms with Crippen molar-refractivity contribution in [1.29, 1.82) is 0 Å². The predicted octanol–water partition coefficient (Wildman–Crippen LogP) is 4.58. The van der Waals surface area contributed by atoms with E-state index < -0.39 is 58.3 Å². The van der Waals surface area contributed by atoms with Crippen LogP contribution in [-0.2, 0) is 21.9 Å². The summed E-state index contributed by atoms with van der Waals surface area (Å²) in [6.45, 7) is 0. The lowest BCUT2D eigenvalue weighted by Gasteiger charge is -2.14. The summed E-state index contributed by atoms with van der Waals surface area (Å²) < 4.78 is 103. The lowest BCUT2D eigenvalue weighted by Crippen LogP contribution is -2.29. The SMILES string of the molecule is O=C(Nc1cc(C(F)(F)F)cc(C(F)(F)F)c1)C(=O)Nc1cc(F)ccc1F. The molecule has 28 heavy (non-hydrogen) atoms. The van der Waals surface area contributed by atoms with Crippen molar-refractivity contribution < 1.29 is 44.7 Å².